The van der Waals surface area contributed by atoms with Gasteiger partial charge in [0, 0.05) is 39.3 Å². The van der Waals surface area contributed by atoms with Crippen molar-refractivity contribution in [3.63, 3.8) is 0 Å². The highest BCUT2D eigenvalue weighted by molar-refractivity contribution is 14.0. The third-order valence-electron chi connectivity index (χ3n) is 6.42. The molecule has 0 saturated carbocycles. The van der Waals surface area contributed by atoms with Gasteiger partial charge in [0.2, 0.25) is 0 Å². The summed E-state index contributed by atoms with van der Waals surface area (Å²) in [7, 11) is 0. The summed E-state index contributed by atoms with van der Waals surface area (Å²) in [4.78, 5) is 10.0. The van der Waals surface area contributed by atoms with Crippen molar-refractivity contribution in [1.29, 1.82) is 0 Å². The van der Waals surface area contributed by atoms with Gasteiger partial charge in [-0.05, 0) is 70.9 Å². The molecule has 0 radical (unpaired) electrons. The van der Waals surface area contributed by atoms with Crippen LogP contribution in [0.15, 0.2) is 4.99 Å². The van der Waals surface area contributed by atoms with Crippen LogP contribution in [0.5, 0.6) is 0 Å². The maximum atomic E-state index is 6.17. The molecular formula is C22H43IN4O2. The fourth-order valence-corrected chi connectivity index (χ4v) is 4.65. The molecule has 7 heteroatoms. The first-order chi connectivity index (χ1) is 13.8. The van der Waals surface area contributed by atoms with Gasteiger partial charge in [-0.3, -0.25) is 4.99 Å². The second-order valence-corrected chi connectivity index (χ2v) is 8.60. The number of piperidine rings is 2. The molecule has 3 saturated heterocycles. The Hall–Kier alpha value is -0.120. The normalized spacial score (nSPS) is 27.5. The monoisotopic (exact) mass is 522 g/mol. The van der Waals surface area contributed by atoms with Gasteiger partial charge < -0.3 is 24.6 Å². The van der Waals surface area contributed by atoms with E-state index in [1.165, 1.54) is 45.3 Å². The van der Waals surface area contributed by atoms with Gasteiger partial charge in [0.15, 0.2) is 5.96 Å². The Morgan fingerprint density at radius 1 is 1.07 bits per heavy atom. The molecule has 0 aromatic heterocycles. The predicted octanol–water partition coefficient (Wildman–Crippen LogP) is 3.35. The minimum Gasteiger partial charge on any atom is -0.376 e. The van der Waals surface area contributed by atoms with E-state index >= 15 is 0 Å². The fourth-order valence-electron chi connectivity index (χ4n) is 4.65. The molecule has 2 atom stereocenters. The van der Waals surface area contributed by atoms with Crippen molar-refractivity contribution in [2.24, 2.45) is 10.9 Å². The lowest BCUT2D eigenvalue weighted by Gasteiger charge is -2.35. The maximum absolute atomic E-state index is 6.17. The van der Waals surface area contributed by atoms with Crippen LogP contribution in [0.2, 0.25) is 0 Å². The first-order valence-corrected chi connectivity index (χ1v) is 11.8. The second kappa shape index (κ2) is 14.0. The van der Waals surface area contributed by atoms with Crippen molar-refractivity contribution in [2.45, 2.75) is 71.0 Å². The van der Waals surface area contributed by atoms with E-state index in [1.54, 1.807) is 0 Å². The molecule has 0 aromatic rings. The summed E-state index contributed by atoms with van der Waals surface area (Å²) < 4.78 is 12.0. The van der Waals surface area contributed by atoms with Crippen LogP contribution in [-0.4, -0.2) is 87.0 Å². The van der Waals surface area contributed by atoms with Gasteiger partial charge in [-0.25, -0.2) is 0 Å². The van der Waals surface area contributed by atoms with E-state index in [2.05, 4.69) is 29.0 Å². The molecule has 0 aliphatic carbocycles. The molecule has 29 heavy (non-hydrogen) atoms. The van der Waals surface area contributed by atoms with Crippen molar-refractivity contribution < 1.29 is 9.47 Å². The Kier molecular flexibility index (Phi) is 12.2. The third-order valence-corrected chi connectivity index (χ3v) is 6.42. The van der Waals surface area contributed by atoms with Crippen molar-refractivity contribution in [3.8, 4) is 0 Å². The average Bonchev–Trinajstić information content (AvgIpc) is 2.76. The minimum atomic E-state index is 0. The third kappa shape index (κ3) is 8.50. The number of nitrogens with one attached hydrogen (secondary N) is 1. The van der Waals surface area contributed by atoms with Crippen LogP contribution in [0.3, 0.4) is 0 Å². The molecule has 3 heterocycles. The number of hydrogen-bond donors (Lipinski definition) is 1. The van der Waals surface area contributed by atoms with E-state index < -0.39 is 0 Å². The lowest BCUT2D eigenvalue weighted by atomic mass is 9.98. The molecular weight excluding hydrogens is 479 g/mol. The molecule has 3 aliphatic heterocycles. The first kappa shape index (κ1) is 25.1. The van der Waals surface area contributed by atoms with E-state index in [0.29, 0.717) is 18.1 Å². The molecule has 0 amide bonds. The van der Waals surface area contributed by atoms with E-state index in [-0.39, 0.29) is 24.0 Å². The largest absolute Gasteiger partial charge is 0.376 e. The van der Waals surface area contributed by atoms with Crippen LogP contribution < -0.4 is 5.32 Å². The van der Waals surface area contributed by atoms with Crippen LogP contribution in [0.4, 0.5) is 0 Å². The number of rotatable bonds is 7. The van der Waals surface area contributed by atoms with Crippen molar-refractivity contribution in [1.82, 2.24) is 15.1 Å². The summed E-state index contributed by atoms with van der Waals surface area (Å²) in [5, 5.41) is 3.52. The molecule has 3 fully saturated rings. The smallest absolute Gasteiger partial charge is 0.193 e. The van der Waals surface area contributed by atoms with Gasteiger partial charge in [-0.15, -0.1) is 24.0 Å². The molecule has 170 valence electrons. The van der Waals surface area contributed by atoms with E-state index in [1.807, 2.05) is 0 Å². The maximum Gasteiger partial charge on any atom is 0.193 e. The minimum absolute atomic E-state index is 0. The van der Waals surface area contributed by atoms with Crippen LogP contribution in [0.1, 0.15) is 58.8 Å². The standard InChI is InChI=1S/C22H42N4O2.HI/c1-3-23-22(24-16-19-8-7-12-25(4-2)17-19)26-13-10-20(11-14-26)28-18-21-9-5-6-15-27-21;/h19-21H,3-18H2,1-2H3,(H,23,24);1H. The van der Waals surface area contributed by atoms with E-state index in [9.17, 15) is 0 Å². The number of likely N-dealkylation sites (tertiary alicyclic amines) is 2. The molecule has 0 spiro atoms. The highest BCUT2D eigenvalue weighted by Crippen LogP contribution is 2.19. The summed E-state index contributed by atoms with van der Waals surface area (Å²) in [6.07, 6.45) is 9.16. The average molecular weight is 523 g/mol. The Labute approximate surface area is 195 Å². The quantitative estimate of drug-likeness (QED) is 0.316. The summed E-state index contributed by atoms with van der Waals surface area (Å²) in [5.74, 6) is 1.81. The number of ether oxygens (including phenoxy) is 2. The van der Waals surface area contributed by atoms with Gasteiger partial charge >= 0.3 is 0 Å². The number of guanidine groups is 1. The molecule has 6 nitrogen and oxygen atoms in total. The first-order valence-electron chi connectivity index (χ1n) is 11.8. The Balaban J connectivity index is 0.00000300. The second-order valence-electron chi connectivity index (χ2n) is 8.60. The van der Waals surface area contributed by atoms with Gasteiger partial charge in [0.1, 0.15) is 0 Å². The molecule has 0 aromatic carbocycles. The van der Waals surface area contributed by atoms with Crippen LogP contribution >= 0.6 is 24.0 Å². The van der Waals surface area contributed by atoms with Gasteiger partial charge in [0.05, 0.1) is 18.8 Å². The number of nitrogens with zero attached hydrogens (tertiary/aromatic N) is 3. The molecule has 1 N–H and O–H groups in total. The van der Waals surface area contributed by atoms with Crippen LogP contribution in [-0.2, 0) is 9.47 Å². The van der Waals surface area contributed by atoms with Crippen LogP contribution in [0, 0.1) is 5.92 Å². The molecule has 2 unspecified atom stereocenters. The zero-order valence-electron chi connectivity index (χ0n) is 18.6. The number of halogens is 1. The predicted molar refractivity (Wildman–Crippen MR) is 130 cm³/mol. The van der Waals surface area contributed by atoms with Gasteiger partial charge in [-0.2, -0.15) is 0 Å². The molecule has 3 rings (SSSR count). The Bertz CT molecular complexity index is 466. The fraction of sp³-hybridized carbons (Fsp3) is 0.955. The van der Waals surface area contributed by atoms with Crippen LogP contribution in [0.25, 0.3) is 0 Å². The van der Waals surface area contributed by atoms with Crippen molar-refractivity contribution in [2.75, 3.05) is 59.0 Å². The Morgan fingerprint density at radius 2 is 1.90 bits per heavy atom. The zero-order chi connectivity index (χ0) is 19.6. The zero-order valence-corrected chi connectivity index (χ0v) is 20.9. The molecule has 3 aliphatic rings. The van der Waals surface area contributed by atoms with Crippen molar-refractivity contribution in [3.05, 3.63) is 0 Å². The van der Waals surface area contributed by atoms with Gasteiger partial charge in [-0.1, -0.05) is 6.92 Å². The summed E-state index contributed by atoms with van der Waals surface area (Å²) in [5.41, 5.74) is 0. The lowest BCUT2D eigenvalue weighted by molar-refractivity contribution is -0.0721. The summed E-state index contributed by atoms with van der Waals surface area (Å²) in [6, 6.07) is 0. The molecule has 0 bridgehead atoms. The number of aliphatic imine (C=N–C) groups is 1. The summed E-state index contributed by atoms with van der Waals surface area (Å²) >= 11 is 0. The lowest BCUT2D eigenvalue weighted by Crippen LogP contribution is -2.47. The SMILES string of the molecule is CCNC(=NCC1CCCN(CC)C1)N1CCC(OCC2CCCCO2)CC1.I. The highest BCUT2D eigenvalue weighted by Gasteiger charge is 2.24. The topological polar surface area (TPSA) is 49.3 Å². The highest BCUT2D eigenvalue weighted by atomic mass is 127. The van der Waals surface area contributed by atoms with Gasteiger partial charge in [0.25, 0.3) is 0 Å². The Morgan fingerprint density at radius 3 is 2.59 bits per heavy atom. The number of hydrogen-bond acceptors (Lipinski definition) is 4. The van der Waals surface area contributed by atoms with E-state index in [4.69, 9.17) is 14.5 Å². The summed E-state index contributed by atoms with van der Waals surface area (Å²) in [6.45, 7) is 13.7. The van der Waals surface area contributed by atoms with E-state index in [0.717, 1.165) is 64.6 Å². The van der Waals surface area contributed by atoms with Crippen molar-refractivity contribution >= 4 is 29.9 Å².